The van der Waals surface area contributed by atoms with Gasteiger partial charge < -0.3 is 5.32 Å². The topological polar surface area (TPSA) is 110 Å². The second kappa shape index (κ2) is 9.14. The van der Waals surface area contributed by atoms with Crippen molar-refractivity contribution in [3.8, 4) is 5.69 Å². The van der Waals surface area contributed by atoms with E-state index in [2.05, 4.69) is 20.8 Å². The standard InChI is InChI=1S/C20H24N6O3S/c1-4-25(5-2)30(28,29)19-11-9-16(10-12-19)15(3)22-20(27)17-7-6-8-18(13-17)26-14-21-23-24-26/h6-15H,4-5H2,1-3H3,(H,22,27). The summed E-state index contributed by atoms with van der Waals surface area (Å²) in [4.78, 5) is 12.9. The van der Waals surface area contributed by atoms with E-state index in [4.69, 9.17) is 0 Å². The number of tetrazole rings is 1. The zero-order chi connectivity index (χ0) is 21.7. The molecule has 1 unspecified atom stereocenters. The van der Waals surface area contributed by atoms with Crippen LogP contribution < -0.4 is 5.32 Å². The maximum Gasteiger partial charge on any atom is 0.251 e. The van der Waals surface area contributed by atoms with Crippen LogP contribution in [-0.2, 0) is 10.0 Å². The molecule has 1 heterocycles. The first-order chi connectivity index (χ1) is 14.4. The van der Waals surface area contributed by atoms with E-state index >= 15 is 0 Å². The summed E-state index contributed by atoms with van der Waals surface area (Å²) >= 11 is 0. The molecule has 1 amide bonds. The quantitative estimate of drug-likeness (QED) is 0.589. The third-order valence-corrected chi connectivity index (χ3v) is 6.86. The Morgan fingerprint density at radius 1 is 1.13 bits per heavy atom. The Morgan fingerprint density at radius 3 is 2.43 bits per heavy atom. The molecular weight excluding hydrogens is 404 g/mol. The molecule has 3 aromatic rings. The van der Waals surface area contributed by atoms with Crippen molar-refractivity contribution in [2.75, 3.05) is 13.1 Å². The predicted octanol–water partition coefficient (Wildman–Crippen LogP) is 2.18. The Kier molecular flexibility index (Phi) is 6.58. The minimum Gasteiger partial charge on any atom is -0.346 e. The molecule has 30 heavy (non-hydrogen) atoms. The first kappa shape index (κ1) is 21.6. The van der Waals surface area contributed by atoms with Gasteiger partial charge in [-0.05, 0) is 53.2 Å². The molecule has 1 aromatic heterocycles. The number of carbonyl (C=O) groups excluding carboxylic acids is 1. The van der Waals surface area contributed by atoms with E-state index in [1.165, 1.54) is 15.3 Å². The van der Waals surface area contributed by atoms with Crippen molar-refractivity contribution in [3.05, 3.63) is 66.0 Å². The molecule has 0 aliphatic carbocycles. The number of rotatable bonds is 8. The van der Waals surface area contributed by atoms with Crippen molar-refractivity contribution < 1.29 is 13.2 Å². The molecule has 0 fully saturated rings. The predicted molar refractivity (Wildman–Crippen MR) is 112 cm³/mol. The van der Waals surface area contributed by atoms with E-state index < -0.39 is 10.0 Å². The van der Waals surface area contributed by atoms with Crippen LogP contribution in [0.15, 0.2) is 59.8 Å². The Labute approximate surface area is 175 Å². The van der Waals surface area contributed by atoms with Crippen LogP contribution in [0.5, 0.6) is 0 Å². The highest BCUT2D eigenvalue weighted by Gasteiger charge is 2.21. The highest BCUT2D eigenvalue weighted by atomic mass is 32.2. The number of amides is 1. The van der Waals surface area contributed by atoms with Crippen molar-refractivity contribution in [1.29, 1.82) is 0 Å². The monoisotopic (exact) mass is 428 g/mol. The van der Waals surface area contributed by atoms with Gasteiger partial charge in [0, 0.05) is 18.7 Å². The lowest BCUT2D eigenvalue weighted by Crippen LogP contribution is -2.30. The molecule has 0 aliphatic heterocycles. The molecule has 1 N–H and O–H groups in total. The molecule has 0 radical (unpaired) electrons. The van der Waals surface area contributed by atoms with Gasteiger partial charge in [0.1, 0.15) is 6.33 Å². The Bertz CT molecular complexity index is 1090. The fraction of sp³-hybridized carbons (Fsp3) is 0.300. The summed E-state index contributed by atoms with van der Waals surface area (Å²) in [7, 11) is -3.51. The lowest BCUT2D eigenvalue weighted by Gasteiger charge is -2.19. The van der Waals surface area contributed by atoms with Crippen molar-refractivity contribution >= 4 is 15.9 Å². The second-order valence-electron chi connectivity index (χ2n) is 6.66. The van der Waals surface area contributed by atoms with Crippen molar-refractivity contribution in [2.45, 2.75) is 31.7 Å². The summed E-state index contributed by atoms with van der Waals surface area (Å²) in [6, 6.07) is 13.2. The molecule has 0 saturated heterocycles. The van der Waals surface area contributed by atoms with E-state index in [9.17, 15) is 13.2 Å². The number of hydrogen-bond donors (Lipinski definition) is 1. The first-order valence-corrected chi connectivity index (χ1v) is 11.0. The smallest absolute Gasteiger partial charge is 0.251 e. The van der Waals surface area contributed by atoms with Gasteiger partial charge in [0.05, 0.1) is 16.6 Å². The van der Waals surface area contributed by atoms with Gasteiger partial charge in [-0.15, -0.1) is 5.10 Å². The van der Waals surface area contributed by atoms with Crippen LogP contribution in [0.3, 0.4) is 0 Å². The number of nitrogens with one attached hydrogen (secondary N) is 1. The number of sulfonamides is 1. The molecule has 0 bridgehead atoms. The summed E-state index contributed by atoms with van der Waals surface area (Å²) in [5.74, 6) is -0.253. The summed E-state index contributed by atoms with van der Waals surface area (Å²) in [5, 5.41) is 13.9. The van der Waals surface area contributed by atoms with Gasteiger partial charge in [-0.25, -0.2) is 13.1 Å². The zero-order valence-corrected chi connectivity index (χ0v) is 17.9. The third kappa shape index (κ3) is 4.55. The maximum absolute atomic E-state index is 12.7. The van der Waals surface area contributed by atoms with Crippen LogP contribution in [0.1, 0.15) is 42.7 Å². The van der Waals surface area contributed by atoms with Crippen LogP contribution >= 0.6 is 0 Å². The van der Waals surface area contributed by atoms with Gasteiger partial charge >= 0.3 is 0 Å². The van der Waals surface area contributed by atoms with Crippen LogP contribution in [0.25, 0.3) is 5.69 Å². The van der Waals surface area contributed by atoms with Gasteiger partial charge in [0.15, 0.2) is 0 Å². The van der Waals surface area contributed by atoms with Gasteiger partial charge in [-0.3, -0.25) is 4.79 Å². The van der Waals surface area contributed by atoms with Gasteiger partial charge in [0.2, 0.25) is 10.0 Å². The highest BCUT2D eigenvalue weighted by molar-refractivity contribution is 7.89. The molecule has 158 valence electrons. The van der Waals surface area contributed by atoms with E-state index in [-0.39, 0.29) is 16.8 Å². The molecule has 2 aromatic carbocycles. The largest absolute Gasteiger partial charge is 0.346 e. The second-order valence-corrected chi connectivity index (χ2v) is 8.60. The van der Waals surface area contributed by atoms with Gasteiger partial charge in [-0.1, -0.05) is 32.0 Å². The number of aromatic nitrogens is 4. The SMILES string of the molecule is CCN(CC)S(=O)(=O)c1ccc(C(C)NC(=O)c2cccc(-n3cnnn3)c2)cc1. The number of benzene rings is 2. The number of hydrogen-bond acceptors (Lipinski definition) is 6. The zero-order valence-electron chi connectivity index (χ0n) is 17.1. The molecule has 9 nitrogen and oxygen atoms in total. The van der Waals surface area contributed by atoms with Crippen LogP contribution in [-0.4, -0.2) is 51.9 Å². The lowest BCUT2D eigenvalue weighted by molar-refractivity contribution is 0.0940. The highest BCUT2D eigenvalue weighted by Crippen LogP contribution is 2.20. The first-order valence-electron chi connectivity index (χ1n) is 9.61. The van der Waals surface area contributed by atoms with E-state index in [1.807, 2.05) is 6.92 Å². The van der Waals surface area contributed by atoms with Crippen LogP contribution in [0, 0.1) is 0 Å². The Morgan fingerprint density at radius 2 is 1.83 bits per heavy atom. The molecule has 0 spiro atoms. The fourth-order valence-corrected chi connectivity index (χ4v) is 4.53. The molecule has 3 rings (SSSR count). The van der Waals surface area contributed by atoms with Crippen molar-refractivity contribution in [3.63, 3.8) is 0 Å². The van der Waals surface area contributed by atoms with Crippen LogP contribution in [0.2, 0.25) is 0 Å². The lowest BCUT2D eigenvalue weighted by atomic mass is 10.1. The summed E-state index contributed by atoms with van der Waals surface area (Å²) in [6.07, 6.45) is 1.45. The number of carbonyl (C=O) groups is 1. The third-order valence-electron chi connectivity index (χ3n) is 4.79. The van der Waals surface area contributed by atoms with Gasteiger partial charge in [0.25, 0.3) is 5.91 Å². The molecule has 1 atom stereocenters. The molecule has 10 heteroatoms. The Hall–Kier alpha value is -3.11. The van der Waals surface area contributed by atoms with E-state index in [1.54, 1.807) is 62.4 Å². The van der Waals surface area contributed by atoms with Gasteiger partial charge in [-0.2, -0.15) is 4.31 Å². The molecule has 0 saturated carbocycles. The molecule has 0 aliphatic rings. The average molecular weight is 429 g/mol. The molecular formula is C20H24N6O3S. The summed E-state index contributed by atoms with van der Waals surface area (Å²) in [5.41, 5.74) is 1.94. The maximum atomic E-state index is 12.7. The number of nitrogens with zero attached hydrogens (tertiary/aromatic N) is 5. The van der Waals surface area contributed by atoms with Crippen molar-refractivity contribution in [1.82, 2.24) is 29.8 Å². The fourth-order valence-electron chi connectivity index (χ4n) is 3.07. The van der Waals surface area contributed by atoms with E-state index in [0.717, 1.165) is 5.56 Å². The van der Waals surface area contributed by atoms with Crippen LogP contribution in [0.4, 0.5) is 0 Å². The average Bonchev–Trinajstić information content (AvgIpc) is 3.29. The normalized spacial score (nSPS) is 12.7. The Balaban J connectivity index is 1.73. The van der Waals surface area contributed by atoms with Crippen molar-refractivity contribution in [2.24, 2.45) is 0 Å². The minimum absolute atomic E-state index is 0.239. The summed E-state index contributed by atoms with van der Waals surface area (Å²) < 4.78 is 28.1. The summed E-state index contributed by atoms with van der Waals surface area (Å²) in [6.45, 7) is 6.29. The minimum atomic E-state index is -3.51. The van der Waals surface area contributed by atoms with E-state index in [0.29, 0.717) is 24.3 Å².